The Morgan fingerprint density at radius 1 is 1.19 bits per heavy atom. The Morgan fingerprint density at radius 3 is 2.88 bits per heavy atom. The summed E-state index contributed by atoms with van der Waals surface area (Å²) in [6.07, 6.45) is -0.718. The molecule has 134 valence electrons. The molecule has 0 bridgehead atoms. The lowest BCUT2D eigenvalue weighted by atomic mass is 10.0. The number of halogens is 1. The van der Waals surface area contributed by atoms with Crippen LogP contribution in [0.1, 0.15) is 12.0 Å². The molecule has 2 aliphatic rings. The van der Waals surface area contributed by atoms with Crippen molar-refractivity contribution in [2.75, 3.05) is 13.2 Å². The van der Waals surface area contributed by atoms with Crippen LogP contribution >= 0.6 is 0 Å². The lowest BCUT2D eigenvalue weighted by molar-refractivity contribution is -0.131. The highest BCUT2D eigenvalue weighted by molar-refractivity contribution is 6.04. The fraction of sp³-hybridized carbons (Fsp3) is 0.263. The molecule has 0 fully saturated rings. The molecular formula is C19H17FN2O4. The van der Waals surface area contributed by atoms with E-state index in [-0.39, 0.29) is 17.8 Å². The highest BCUT2D eigenvalue weighted by Gasteiger charge is 2.30. The van der Waals surface area contributed by atoms with Gasteiger partial charge in [0.05, 0.1) is 12.3 Å². The van der Waals surface area contributed by atoms with Crippen molar-refractivity contribution in [2.24, 2.45) is 5.16 Å². The number of nitrogens with zero attached hydrogens (tertiary/aromatic N) is 1. The van der Waals surface area contributed by atoms with Crippen LogP contribution < -0.4 is 14.8 Å². The summed E-state index contributed by atoms with van der Waals surface area (Å²) in [4.78, 5) is 17.5. The standard InChI is InChI=1S/C19H17FN2O4/c20-13-5-3-4-12(8-13)15-9-18(26-22-15)19(23)21-10-14-11-24-16-6-1-2-7-17(16)25-14/h1-8,14,18H,9-11H2,(H,21,23)/t14-,18-/m0/s1. The van der Waals surface area contributed by atoms with Crippen LogP contribution in [-0.4, -0.2) is 37.0 Å². The number of rotatable bonds is 4. The molecule has 7 heteroatoms. The molecule has 0 radical (unpaired) electrons. The minimum absolute atomic E-state index is 0.279. The number of benzene rings is 2. The fourth-order valence-corrected chi connectivity index (χ4v) is 2.85. The number of carbonyl (C=O) groups is 1. The normalized spacial score (nSPS) is 20.9. The Bertz CT molecular complexity index is 855. The first kappa shape index (κ1) is 16.4. The van der Waals surface area contributed by atoms with E-state index in [0.29, 0.717) is 42.3 Å². The number of carbonyl (C=O) groups excluding carboxylic acids is 1. The molecule has 1 amide bonds. The number of hydrogen-bond donors (Lipinski definition) is 1. The van der Waals surface area contributed by atoms with Crippen molar-refractivity contribution in [1.82, 2.24) is 5.32 Å². The topological polar surface area (TPSA) is 69.2 Å². The van der Waals surface area contributed by atoms with Gasteiger partial charge in [-0.05, 0) is 24.3 Å². The minimum atomic E-state index is -0.731. The van der Waals surface area contributed by atoms with E-state index in [9.17, 15) is 9.18 Å². The number of ether oxygens (including phenoxy) is 2. The summed E-state index contributed by atoms with van der Waals surface area (Å²) in [6.45, 7) is 0.649. The van der Waals surface area contributed by atoms with Gasteiger partial charge in [0.2, 0.25) is 6.10 Å². The third-order valence-corrected chi connectivity index (χ3v) is 4.19. The Hall–Kier alpha value is -3.09. The van der Waals surface area contributed by atoms with Crippen LogP contribution in [0.4, 0.5) is 4.39 Å². The molecule has 2 aromatic rings. The molecule has 2 atom stereocenters. The summed E-state index contributed by atoms with van der Waals surface area (Å²) in [6, 6.07) is 13.4. The van der Waals surface area contributed by atoms with E-state index in [2.05, 4.69) is 10.5 Å². The van der Waals surface area contributed by atoms with Crippen molar-refractivity contribution in [1.29, 1.82) is 0 Å². The average molecular weight is 356 g/mol. The Morgan fingerprint density at radius 2 is 2.04 bits per heavy atom. The maximum absolute atomic E-state index is 13.3. The summed E-state index contributed by atoms with van der Waals surface area (Å²) in [5.74, 6) is 0.713. The Balaban J connectivity index is 1.29. The maximum Gasteiger partial charge on any atom is 0.264 e. The first-order chi connectivity index (χ1) is 12.7. The van der Waals surface area contributed by atoms with E-state index >= 15 is 0 Å². The predicted octanol–water partition coefficient (Wildman–Crippen LogP) is 2.27. The number of nitrogens with one attached hydrogen (secondary N) is 1. The number of fused-ring (bicyclic) bond motifs is 1. The number of oxime groups is 1. The van der Waals surface area contributed by atoms with Gasteiger partial charge in [-0.1, -0.05) is 29.4 Å². The van der Waals surface area contributed by atoms with Gasteiger partial charge in [-0.2, -0.15) is 0 Å². The van der Waals surface area contributed by atoms with Crippen LogP contribution in [-0.2, 0) is 9.63 Å². The molecule has 4 rings (SSSR count). The Kier molecular flexibility index (Phi) is 4.43. The zero-order chi connectivity index (χ0) is 17.9. The average Bonchev–Trinajstić information content (AvgIpc) is 3.16. The van der Waals surface area contributed by atoms with E-state index < -0.39 is 6.10 Å². The second kappa shape index (κ2) is 7.03. The first-order valence-electron chi connectivity index (χ1n) is 8.34. The summed E-state index contributed by atoms with van der Waals surface area (Å²) in [5.41, 5.74) is 1.16. The monoisotopic (exact) mass is 356 g/mol. The molecule has 0 spiro atoms. The van der Waals surface area contributed by atoms with Crippen molar-refractivity contribution >= 4 is 11.6 Å². The van der Waals surface area contributed by atoms with Crippen LogP contribution in [0, 0.1) is 5.82 Å². The molecule has 0 saturated carbocycles. The second-order valence-corrected chi connectivity index (χ2v) is 6.09. The second-order valence-electron chi connectivity index (χ2n) is 6.09. The number of hydrogen-bond acceptors (Lipinski definition) is 5. The third kappa shape index (κ3) is 3.46. The minimum Gasteiger partial charge on any atom is -0.486 e. The summed E-state index contributed by atoms with van der Waals surface area (Å²) < 4.78 is 24.7. The van der Waals surface area contributed by atoms with Gasteiger partial charge in [0.1, 0.15) is 18.5 Å². The molecule has 2 aromatic carbocycles. The Labute approximate surface area is 149 Å². The van der Waals surface area contributed by atoms with Crippen molar-refractivity contribution in [3.8, 4) is 11.5 Å². The fourth-order valence-electron chi connectivity index (χ4n) is 2.85. The van der Waals surface area contributed by atoms with Gasteiger partial charge >= 0.3 is 0 Å². The molecule has 0 unspecified atom stereocenters. The zero-order valence-corrected chi connectivity index (χ0v) is 13.9. The van der Waals surface area contributed by atoms with E-state index in [4.69, 9.17) is 14.3 Å². The highest BCUT2D eigenvalue weighted by atomic mass is 19.1. The smallest absolute Gasteiger partial charge is 0.264 e. The maximum atomic E-state index is 13.3. The number of amides is 1. The lowest BCUT2D eigenvalue weighted by Gasteiger charge is -2.26. The summed E-state index contributed by atoms with van der Waals surface area (Å²) in [5, 5.41) is 6.70. The van der Waals surface area contributed by atoms with Crippen LogP contribution in [0.25, 0.3) is 0 Å². The van der Waals surface area contributed by atoms with Crippen molar-refractivity contribution < 1.29 is 23.5 Å². The lowest BCUT2D eigenvalue weighted by Crippen LogP contribution is -2.44. The molecule has 0 aromatic heterocycles. The highest BCUT2D eigenvalue weighted by Crippen LogP contribution is 2.30. The number of para-hydroxylation sites is 2. The van der Waals surface area contributed by atoms with Gasteiger partial charge < -0.3 is 19.6 Å². The van der Waals surface area contributed by atoms with Gasteiger partial charge in [0.25, 0.3) is 5.91 Å². The van der Waals surface area contributed by atoms with Gasteiger partial charge in [-0.3, -0.25) is 4.79 Å². The third-order valence-electron chi connectivity index (χ3n) is 4.19. The van der Waals surface area contributed by atoms with E-state index in [1.54, 1.807) is 12.1 Å². The van der Waals surface area contributed by atoms with Crippen LogP contribution in [0.3, 0.4) is 0 Å². The van der Waals surface area contributed by atoms with Gasteiger partial charge in [0.15, 0.2) is 11.5 Å². The van der Waals surface area contributed by atoms with Crippen molar-refractivity contribution in [3.63, 3.8) is 0 Å². The molecule has 0 saturated heterocycles. The van der Waals surface area contributed by atoms with Crippen molar-refractivity contribution in [2.45, 2.75) is 18.6 Å². The van der Waals surface area contributed by atoms with E-state index in [1.807, 2.05) is 24.3 Å². The molecule has 1 N–H and O–H groups in total. The quantitative estimate of drug-likeness (QED) is 0.913. The summed E-state index contributed by atoms with van der Waals surface area (Å²) >= 11 is 0. The SMILES string of the molecule is O=C(NC[C@H]1COc2ccccc2O1)[C@@H]1CC(c2cccc(F)c2)=NO1. The molecule has 26 heavy (non-hydrogen) atoms. The van der Waals surface area contributed by atoms with Gasteiger partial charge in [-0.15, -0.1) is 0 Å². The van der Waals surface area contributed by atoms with Crippen molar-refractivity contribution in [3.05, 3.63) is 59.9 Å². The van der Waals surface area contributed by atoms with E-state index in [1.165, 1.54) is 12.1 Å². The zero-order valence-electron chi connectivity index (χ0n) is 13.9. The molecule has 6 nitrogen and oxygen atoms in total. The van der Waals surface area contributed by atoms with Crippen LogP contribution in [0.2, 0.25) is 0 Å². The first-order valence-corrected chi connectivity index (χ1v) is 8.34. The van der Waals surface area contributed by atoms with E-state index in [0.717, 1.165) is 0 Å². The largest absolute Gasteiger partial charge is 0.486 e. The summed E-state index contributed by atoms with van der Waals surface area (Å²) in [7, 11) is 0. The van der Waals surface area contributed by atoms with Gasteiger partial charge in [-0.25, -0.2) is 4.39 Å². The van der Waals surface area contributed by atoms with Gasteiger partial charge in [0, 0.05) is 12.0 Å². The molecular weight excluding hydrogens is 339 g/mol. The predicted molar refractivity (Wildman–Crippen MR) is 91.8 cm³/mol. The van der Waals surface area contributed by atoms with Crippen LogP contribution in [0.15, 0.2) is 53.7 Å². The molecule has 2 aliphatic heterocycles. The van der Waals surface area contributed by atoms with Crippen LogP contribution in [0.5, 0.6) is 11.5 Å². The molecule has 2 heterocycles. The molecule has 0 aliphatic carbocycles.